The fourth-order valence-corrected chi connectivity index (χ4v) is 2.70. The molecule has 2 heterocycles. The number of hydrogen-bond donors (Lipinski definition) is 1. The first kappa shape index (κ1) is 11.3. The lowest BCUT2D eigenvalue weighted by Crippen LogP contribution is -2.35. The molecule has 1 saturated heterocycles. The Hall–Kier alpha value is -1.17. The van der Waals surface area contributed by atoms with E-state index in [1.54, 1.807) is 16.8 Å². The minimum Gasteiger partial charge on any atom is -0.481 e. The standard InChI is InChI=1S/C10H15N3O2S/c14-9(15)4-3-8-2-1-5-13(6-8)10-12-11-7-16-10/h7-8H,1-6H2,(H,14,15). The van der Waals surface area contributed by atoms with Gasteiger partial charge in [-0.25, -0.2) is 0 Å². The number of aromatic nitrogens is 2. The van der Waals surface area contributed by atoms with Gasteiger partial charge in [-0.1, -0.05) is 11.3 Å². The van der Waals surface area contributed by atoms with E-state index in [0.717, 1.165) is 37.5 Å². The fourth-order valence-electron chi connectivity index (χ4n) is 2.11. The highest BCUT2D eigenvalue weighted by Gasteiger charge is 2.22. The van der Waals surface area contributed by atoms with Crippen LogP contribution in [0.5, 0.6) is 0 Å². The van der Waals surface area contributed by atoms with E-state index in [0.29, 0.717) is 5.92 Å². The van der Waals surface area contributed by atoms with Gasteiger partial charge in [-0.3, -0.25) is 4.79 Å². The minimum absolute atomic E-state index is 0.272. The van der Waals surface area contributed by atoms with Crippen molar-refractivity contribution in [3.8, 4) is 0 Å². The van der Waals surface area contributed by atoms with Crippen molar-refractivity contribution in [3.63, 3.8) is 0 Å². The Bertz CT molecular complexity index is 342. The normalized spacial score (nSPS) is 21.0. The van der Waals surface area contributed by atoms with E-state index in [9.17, 15) is 4.79 Å². The predicted molar refractivity (Wildman–Crippen MR) is 61.7 cm³/mol. The van der Waals surface area contributed by atoms with E-state index < -0.39 is 5.97 Å². The second-order valence-electron chi connectivity index (χ2n) is 4.11. The van der Waals surface area contributed by atoms with Gasteiger partial charge in [0.15, 0.2) is 0 Å². The number of hydrogen-bond acceptors (Lipinski definition) is 5. The van der Waals surface area contributed by atoms with Crippen LogP contribution in [-0.2, 0) is 4.79 Å². The van der Waals surface area contributed by atoms with Crippen LogP contribution in [0.4, 0.5) is 5.13 Å². The number of nitrogens with zero attached hydrogens (tertiary/aromatic N) is 3. The van der Waals surface area contributed by atoms with Crippen LogP contribution in [0.3, 0.4) is 0 Å². The topological polar surface area (TPSA) is 66.3 Å². The quantitative estimate of drug-likeness (QED) is 0.867. The van der Waals surface area contributed by atoms with Crippen LogP contribution in [-0.4, -0.2) is 34.4 Å². The van der Waals surface area contributed by atoms with E-state index in [1.165, 1.54) is 0 Å². The van der Waals surface area contributed by atoms with Gasteiger partial charge in [-0.2, -0.15) is 0 Å². The fraction of sp³-hybridized carbons (Fsp3) is 0.700. The summed E-state index contributed by atoms with van der Waals surface area (Å²) in [6, 6.07) is 0. The van der Waals surface area contributed by atoms with Crippen molar-refractivity contribution in [2.45, 2.75) is 25.7 Å². The molecule has 0 radical (unpaired) electrons. The average Bonchev–Trinajstić information content (AvgIpc) is 2.80. The van der Waals surface area contributed by atoms with Crippen LogP contribution >= 0.6 is 11.3 Å². The van der Waals surface area contributed by atoms with E-state index >= 15 is 0 Å². The summed E-state index contributed by atoms with van der Waals surface area (Å²) in [5.74, 6) is -0.221. The number of rotatable bonds is 4. The van der Waals surface area contributed by atoms with Gasteiger partial charge in [0, 0.05) is 19.5 Å². The molecule has 1 N–H and O–H groups in total. The number of carboxylic acids is 1. The molecule has 1 unspecified atom stereocenters. The van der Waals surface area contributed by atoms with Gasteiger partial charge >= 0.3 is 5.97 Å². The minimum atomic E-state index is -0.701. The molecule has 0 aromatic carbocycles. The van der Waals surface area contributed by atoms with Crippen molar-refractivity contribution in [1.29, 1.82) is 0 Å². The van der Waals surface area contributed by atoms with Gasteiger partial charge in [0.05, 0.1) is 0 Å². The third-order valence-electron chi connectivity index (χ3n) is 2.90. The van der Waals surface area contributed by atoms with E-state index in [4.69, 9.17) is 5.11 Å². The summed E-state index contributed by atoms with van der Waals surface area (Å²) in [6.45, 7) is 1.93. The number of anilines is 1. The number of piperidine rings is 1. The van der Waals surface area contributed by atoms with Crippen LogP contribution < -0.4 is 4.90 Å². The van der Waals surface area contributed by atoms with Crippen molar-refractivity contribution in [2.24, 2.45) is 5.92 Å². The first-order valence-electron chi connectivity index (χ1n) is 5.48. The molecule has 5 nitrogen and oxygen atoms in total. The number of carbonyl (C=O) groups is 1. The lowest BCUT2D eigenvalue weighted by molar-refractivity contribution is -0.137. The van der Waals surface area contributed by atoms with Crippen molar-refractivity contribution in [3.05, 3.63) is 5.51 Å². The molecular formula is C10H15N3O2S. The second kappa shape index (κ2) is 5.25. The molecule has 0 saturated carbocycles. The molecule has 0 spiro atoms. The first-order chi connectivity index (χ1) is 7.75. The van der Waals surface area contributed by atoms with Crippen molar-refractivity contribution >= 4 is 22.4 Å². The van der Waals surface area contributed by atoms with Gasteiger partial charge in [0.25, 0.3) is 0 Å². The van der Waals surface area contributed by atoms with Gasteiger partial charge in [0.1, 0.15) is 5.51 Å². The Labute approximate surface area is 98.1 Å². The smallest absolute Gasteiger partial charge is 0.303 e. The summed E-state index contributed by atoms with van der Waals surface area (Å²) < 4.78 is 0. The van der Waals surface area contributed by atoms with Crippen LogP contribution in [0.15, 0.2) is 5.51 Å². The maximum absolute atomic E-state index is 10.5. The zero-order valence-electron chi connectivity index (χ0n) is 9.00. The molecule has 2 rings (SSSR count). The Morgan fingerprint density at radius 3 is 3.25 bits per heavy atom. The molecular weight excluding hydrogens is 226 g/mol. The van der Waals surface area contributed by atoms with E-state index in [2.05, 4.69) is 15.1 Å². The lowest BCUT2D eigenvalue weighted by atomic mass is 9.94. The Balaban J connectivity index is 1.87. The van der Waals surface area contributed by atoms with E-state index in [-0.39, 0.29) is 6.42 Å². The molecule has 1 aliphatic heterocycles. The zero-order chi connectivity index (χ0) is 11.4. The third kappa shape index (κ3) is 2.91. The molecule has 1 aliphatic rings. The zero-order valence-corrected chi connectivity index (χ0v) is 9.82. The van der Waals surface area contributed by atoms with Crippen molar-refractivity contribution in [1.82, 2.24) is 10.2 Å². The van der Waals surface area contributed by atoms with Crippen molar-refractivity contribution < 1.29 is 9.90 Å². The molecule has 1 atom stereocenters. The molecule has 1 fully saturated rings. The third-order valence-corrected chi connectivity index (χ3v) is 3.65. The molecule has 1 aromatic heterocycles. The maximum Gasteiger partial charge on any atom is 0.303 e. The van der Waals surface area contributed by atoms with E-state index in [1.807, 2.05) is 0 Å². The highest BCUT2D eigenvalue weighted by Crippen LogP contribution is 2.26. The Morgan fingerprint density at radius 2 is 2.56 bits per heavy atom. The van der Waals surface area contributed by atoms with Gasteiger partial charge in [-0.05, 0) is 25.2 Å². The summed E-state index contributed by atoms with van der Waals surface area (Å²) in [7, 11) is 0. The Kier molecular flexibility index (Phi) is 3.71. The summed E-state index contributed by atoms with van der Waals surface area (Å²) in [5.41, 5.74) is 1.73. The first-order valence-corrected chi connectivity index (χ1v) is 6.36. The molecule has 0 amide bonds. The summed E-state index contributed by atoms with van der Waals surface area (Å²) in [5, 5.41) is 17.5. The van der Waals surface area contributed by atoms with Crippen LogP contribution in [0.1, 0.15) is 25.7 Å². The highest BCUT2D eigenvalue weighted by atomic mass is 32.1. The predicted octanol–water partition coefficient (Wildman–Crippen LogP) is 1.62. The van der Waals surface area contributed by atoms with Crippen LogP contribution in [0.25, 0.3) is 0 Å². The largest absolute Gasteiger partial charge is 0.481 e. The monoisotopic (exact) mass is 241 g/mol. The molecule has 88 valence electrons. The number of carboxylic acid groups (broad SMARTS) is 1. The van der Waals surface area contributed by atoms with Gasteiger partial charge in [0.2, 0.25) is 5.13 Å². The van der Waals surface area contributed by atoms with Crippen LogP contribution in [0.2, 0.25) is 0 Å². The average molecular weight is 241 g/mol. The van der Waals surface area contributed by atoms with Crippen molar-refractivity contribution in [2.75, 3.05) is 18.0 Å². The molecule has 0 bridgehead atoms. The summed E-state index contributed by atoms with van der Waals surface area (Å²) >= 11 is 1.54. The SMILES string of the molecule is O=C(O)CCC1CCCN(c2nncs2)C1. The summed E-state index contributed by atoms with van der Waals surface area (Å²) in [4.78, 5) is 12.7. The van der Waals surface area contributed by atoms with Gasteiger partial charge < -0.3 is 10.0 Å². The second-order valence-corrected chi connectivity index (χ2v) is 4.92. The maximum atomic E-state index is 10.5. The van der Waals surface area contributed by atoms with Crippen LogP contribution in [0, 0.1) is 5.92 Å². The lowest BCUT2D eigenvalue weighted by Gasteiger charge is -2.31. The molecule has 1 aromatic rings. The number of aliphatic carboxylic acids is 1. The molecule has 16 heavy (non-hydrogen) atoms. The molecule has 6 heteroatoms. The highest BCUT2D eigenvalue weighted by molar-refractivity contribution is 7.13. The Morgan fingerprint density at radius 1 is 1.69 bits per heavy atom. The van der Waals surface area contributed by atoms with Gasteiger partial charge in [-0.15, -0.1) is 10.2 Å². The summed E-state index contributed by atoms with van der Waals surface area (Å²) in [6.07, 6.45) is 3.28. The molecule has 0 aliphatic carbocycles.